The normalized spacial score (nSPS) is 26.9. The number of nitrogens with one attached hydrogen (secondary N) is 1. The van der Waals surface area contributed by atoms with E-state index in [2.05, 4.69) is 5.43 Å². The number of rotatable bonds is 5. The lowest BCUT2D eigenvalue weighted by atomic mass is 9.49. The van der Waals surface area contributed by atoms with E-state index in [1.807, 2.05) is 13.0 Å². The van der Waals surface area contributed by atoms with Gasteiger partial charge in [0.2, 0.25) is 11.8 Å². The highest BCUT2D eigenvalue weighted by molar-refractivity contribution is 6.32. The highest BCUT2D eigenvalue weighted by Gasteiger charge is 2.70. The van der Waals surface area contributed by atoms with Crippen LogP contribution in [0.15, 0.2) is 96.6 Å². The fourth-order valence-corrected chi connectivity index (χ4v) is 9.01. The third-order valence-electron chi connectivity index (χ3n) is 11.0. The number of hydrogen-bond donors (Lipinski definition) is 2. The Morgan fingerprint density at radius 2 is 1.57 bits per heavy atom. The number of benzene rings is 4. The number of nitrogens with zero attached hydrogens (tertiary/aromatic N) is 2. The third-order valence-corrected chi connectivity index (χ3v) is 11.6. The van der Waals surface area contributed by atoms with Crippen LogP contribution in [0.2, 0.25) is 10.0 Å². The smallest absolute Gasteiger partial charge is 0.260 e. The summed E-state index contributed by atoms with van der Waals surface area (Å²) in [5, 5.41) is 11.9. The first-order valence-electron chi connectivity index (χ1n) is 16.4. The largest absolute Gasteiger partial charge is 0.505 e. The van der Waals surface area contributed by atoms with Crippen LogP contribution in [0.4, 0.5) is 20.2 Å². The van der Waals surface area contributed by atoms with Crippen molar-refractivity contribution in [2.24, 2.45) is 23.7 Å². The minimum Gasteiger partial charge on any atom is -0.505 e. The fraction of sp³-hybridized carbons (Fsp3) is 0.231. The van der Waals surface area contributed by atoms with Crippen molar-refractivity contribution < 1.29 is 33.1 Å². The molecular weight excluding hydrogens is 699 g/mol. The number of aromatic hydroxyl groups is 1. The molecule has 51 heavy (non-hydrogen) atoms. The van der Waals surface area contributed by atoms with Gasteiger partial charge in [-0.25, -0.2) is 13.7 Å². The second-order valence-electron chi connectivity index (χ2n) is 13.5. The van der Waals surface area contributed by atoms with Gasteiger partial charge in [-0.15, -0.1) is 0 Å². The number of allylic oxidation sites excluding steroid dienone is 2. The van der Waals surface area contributed by atoms with Crippen molar-refractivity contribution in [3.05, 3.63) is 135 Å². The molecule has 8 nitrogen and oxygen atoms in total. The number of hydrogen-bond acceptors (Lipinski definition) is 6. The molecule has 0 bridgehead atoms. The molecule has 2 heterocycles. The van der Waals surface area contributed by atoms with Crippen LogP contribution in [0, 0.1) is 42.2 Å². The first-order chi connectivity index (χ1) is 24.4. The quantitative estimate of drug-likeness (QED) is 0.163. The Bertz CT molecular complexity index is 2190. The number of carbonyl (C=O) groups excluding carboxylic acids is 4. The van der Waals surface area contributed by atoms with Gasteiger partial charge in [-0.1, -0.05) is 59.1 Å². The summed E-state index contributed by atoms with van der Waals surface area (Å²) in [7, 11) is 0. The van der Waals surface area contributed by atoms with Gasteiger partial charge in [0.05, 0.1) is 34.5 Å². The second-order valence-corrected chi connectivity index (χ2v) is 14.4. The number of carbonyl (C=O) groups is 4. The van der Waals surface area contributed by atoms with Crippen LogP contribution in [-0.2, 0) is 24.6 Å². The molecule has 1 saturated carbocycles. The zero-order valence-corrected chi connectivity index (χ0v) is 28.5. The summed E-state index contributed by atoms with van der Waals surface area (Å²) in [6.07, 6.45) is 2.02. The molecule has 3 fully saturated rings. The van der Waals surface area contributed by atoms with Gasteiger partial charge in [0, 0.05) is 16.0 Å². The third kappa shape index (κ3) is 4.91. The van der Waals surface area contributed by atoms with E-state index in [4.69, 9.17) is 23.2 Å². The molecule has 0 radical (unpaired) electrons. The molecular formula is C39H29Cl2F2N3O5. The number of aryl methyl sites for hydroxylation is 1. The van der Waals surface area contributed by atoms with Crippen molar-refractivity contribution in [1.82, 2.24) is 5.01 Å². The summed E-state index contributed by atoms with van der Waals surface area (Å²) in [5.41, 5.74) is 3.92. The molecule has 258 valence electrons. The highest BCUT2D eigenvalue weighted by Crippen LogP contribution is 2.64. The van der Waals surface area contributed by atoms with Gasteiger partial charge >= 0.3 is 0 Å². The molecule has 0 spiro atoms. The minimum atomic E-state index is -1.68. The summed E-state index contributed by atoms with van der Waals surface area (Å²) in [6, 6.07) is 20.5. The number of halogens is 4. The summed E-state index contributed by atoms with van der Waals surface area (Å²) in [6.45, 7) is 1.81. The van der Waals surface area contributed by atoms with Crippen molar-refractivity contribution in [3.63, 3.8) is 0 Å². The van der Waals surface area contributed by atoms with Crippen molar-refractivity contribution in [2.45, 2.75) is 31.1 Å². The zero-order valence-electron chi connectivity index (χ0n) is 26.9. The molecule has 2 aliphatic heterocycles. The van der Waals surface area contributed by atoms with E-state index in [0.717, 1.165) is 21.5 Å². The van der Waals surface area contributed by atoms with Crippen molar-refractivity contribution in [1.29, 1.82) is 0 Å². The average Bonchev–Trinajstić information content (AvgIpc) is 3.49. The minimum absolute atomic E-state index is 0.0143. The van der Waals surface area contributed by atoms with E-state index in [9.17, 15) is 23.9 Å². The van der Waals surface area contributed by atoms with Gasteiger partial charge in [0.1, 0.15) is 5.82 Å². The Hall–Kier alpha value is -5.06. The number of phenolic OH excluding ortho intramolecular Hbond substituents is 1. The summed E-state index contributed by atoms with van der Waals surface area (Å²) in [4.78, 5) is 59.3. The number of hydrazine groups is 1. The van der Waals surface area contributed by atoms with Gasteiger partial charge in [-0.3, -0.25) is 24.6 Å². The predicted octanol–water partition coefficient (Wildman–Crippen LogP) is 7.48. The molecule has 12 heteroatoms. The van der Waals surface area contributed by atoms with E-state index >= 15 is 9.18 Å². The summed E-state index contributed by atoms with van der Waals surface area (Å²) < 4.78 is 29.1. The lowest BCUT2D eigenvalue weighted by Gasteiger charge is -2.50. The van der Waals surface area contributed by atoms with Crippen LogP contribution in [0.5, 0.6) is 5.75 Å². The fourth-order valence-electron chi connectivity index (χ4n) is 8.71. The number of imide groups is 2. The lowest BCUT2D eigenvalue weighted by molar-refractivity contribution is -0.138. The van der Waals surface area contributed by atoms with Gasteiger partial charge in [0.25, 0.3) is 11.8 Å². The Labute approximate surface area is 301 Å². The van der Waals surface area contributed by atoms with Crippen LogP contribution in [0.3, 0.4) is 0 Å². The number of amides is 4. The van der Waals surface area contributed by atoms with Crippen molar-refractivity contribution in [3.8, 4) is 5.75 Å². The van der Waals surface area contributed by atoms with Gasteiger partial charge in [-0.05, 0) is 103 Å². The SMILES string of the molecule is Cc1ccc(N2C(=O)[C@H]3[C@H](CC=C4[C@H]3C[C@H]3C(=O)N(Nc5ccc(F)cc5)C(=O)[C@@]3(c3ccc(Cl)cc3)[C@H]4c3ccc(O)c(F)c3)C2=O)cc1Cl. The second kappa shape index (κ2) is 12.0. The number of fused-ring (bicyclic) bond motifs is 4. The molecule has 6 atom stereocenters. The van der Waals surface area contributed by atoms with Gasteiger partial charge < -0.3 is 5.11 Å². The first-order valence-corrected chi connectivity index (χ1v) is 17.2. The lowest BCUT2D eigenvalue weighted by Crippen LogP contribution is -2.53. The number of anilines is 2. The van der Waals surface area contributed by atoms with Gasteiger partial charge in [0.15, 0.2) is 11.6 Å². The molecule has 2 saturated heterocycles. The zero-order chi connectivity index (χ0) is 35.9. The Balaban J connectivity index is 1.32. The molecule has 2 aliphatic carbocycles. The molecule has 2 N–H and O–H groups in total. The van der Waals surface area contributed by atoms with Crippen LogP contribution in [-0.4, -0.2) is 33.7 Å². The van der Waals surface area contributed by atoms with Crippen LogP contribution in [0.1, 0.15) is 35.4 Å². The van der Waals surface area contributed by atoms with E-state index in [-0.39, 0.29) is 18.5 Å². The van der Waals surface area contributed by atoms with Crippen molar-refractivity contribution >= 4 is 58.2 Å². The van der Waals surface area contributed by atoms with Crippen molar-refractivity contribution in [2.75, 3.05) is 10.3 Å². The predicted molar refractivity (Wildman–Crippen MR) is 186 cm³/mol. The molecule has 4 aromatic carbocycles. The standard InChI is InChI=1S/C39H29Cl2F2N3O5/c1-19-2-12-25(17-30(19)41)45-35(48)27-14-13-26-28(33(27)37(45)50)18-29-36(49)46(44-24-10-8-23(42)9-11-24)38(51)39(29,21-4-6-22(40)7-5-21)34(26)20-3-15-32(47)31(43)16-20/h2-13,15-17,27-29,33-34,44,47H,14,18H2,1H3/t27-,28+,29-,33-,34-,39+/m0/s1. The Morgan fingerprint density at radius 1 is 0.843 bits per heavy atom. The molecule has 0 unspecified atom stereocenters. The van der Waals surface area contributed by atoms with Gasteiger partial charge in [-0.2, -0.15) is 5.01 Å². The Morgan fingerprint density at radius 3 is 2.25 bits per heavy atom. The first kappa shape index (κ1) is 33.1. The average molecular weight is 729 g/mol. The summed E-state index contributed by atoms with van der Waals surface area (Å²) >= 11 is 12.7. The maximum absolute atomic E-state index is 15.3. The van der Waals surface area contributed by atoms with Crippen LogP contribution < -0.4 is 10.3 Å². The number of phenols is 1. The van der Waals surface area contributed by atoms with Crippen LogP contribution >= 0.6 is 23.2 Å². The van der Waals surface area contributed by atoms with E-state index in [1.54, 1.807) is 42.5 Å². The molecule has 4 amide bonds. The monoisotopic (exact) mass is 727 g/mol. The van der Waals surface area contributed by atoms with E-state index in [0.29, 0.717) is 32.4 Å². The maximum Gasteiger partial charge on any atom is 0.260 e. The van der Waals surface area contributed by atoms with E-state index < -0.39 is 76.0 Å². The Kier molecular flexibility index (Phi) is 7.81. The van der Waals surface area contributed by atoms with E-state index in [1.165, 1.54) is 36.4 Å². The summed E-state index contributed by atoms with van der Waals surface area (Å²) in [5.74, 6) is -8.57. The topological polar surface area (TPSA) is 107 Å². The molecule has 4 aromatic rings. The molecule has 4 aliphatic rings. The van der Waals surface area contributed by atoms with Crippen LogP contribution in [0.25, 0.3) is 0 Å². The molecule has 0 aromatic heterocycles. The highest BCUT2D eigenvalue weighted by atomic mass is 35.5. The molecule has 8 rings (SSSR count). The maximum atomic E-state index is 15.3.